The Morgan fingerprint density at radius 3 is 2.58 bits per heavy atom. The molecule has 0 saturated carbocycles. The van der Waals surface area contributed by atoms with Crippen molar-refractivity contribution < 1.29 is 14.5 Å². The first-order valence-electron chi connectivity index (χ1n) is 8.39. The number of carbonyl (C=O) groups excluding carboxylic acids is 2. The van der Waals surface area contributed by atoms with Crippen molar-refractivity contribution in [3.63, 3.8) is 0 Å². The minimum absolute atomic E-state index is 0.0265. The van der Waals surface area contributed by atoms with E-state index in [1.807, 2.05) is 18.2 Å². The van der Waals surface area contributed by atoms with E-state index in [4.69, 9.17) is 0 Å². The number of amides is 2. The van der Waals surface area contributed by atoms with Gasteiger partial charge in [-0.1, -0.05) is 18.2 Å². The van der Waals surface area contributed by atoms with Gasteiger partial charge in [0.2, 0.25) is 5.91 Å². The molecule has 1 aliphatic rings. The summed E-state index contributed by atoms with van der Waals surface area (Å²) in [7, 11) is 0. The van der Waals surface area contributed by atoms with E-state index in [1.165, 1.54) is 18.2 Å². The van der Waals surface area contributed by atoms with E-state index >= 15 is 0 Å². The Morgan fingerprint density at radius 1 is 1.19 bits per heavy atom. The summed E-state index contributed by atoms with van der Waals surface area (Å²) in [5, 5.41) is 13.8. The van der Waals surface area contributed by atoms with Crippen LogP contribution >= 0.6 is 0 Å². The highest BCUT2D eigenvalue weighted by Crippen LogP contribution is 2.24. The van der Waals surface area contributed by atoms with E-state index in [1.54, 1.807) is 24.0 Å². The van der Waals surface area contributed by atoms with Gasteiger partial charge >= 0.3 is 0 Å². The van der Waals surface area contributed by atoms with Gasteiger partial charge in [-0.3, -0.25) is 19.7 Å². The Labute approximate surface area is 150 Å². The minimum Gasteiger partial charge on any atom is -0.327 e. The van der Waals surface area contributed by atoms with Crippen LogP contribution in [0.5, 0.6) is 0 Å². The van der Waals surface area contributed by atoms with Gasteiger partial charge in [-0.25, -0.2) is 0 Å². The van der Waals surface area contributed by atoms with Gasteiger partial charge in [0, 0.05) is 29.4 Å². The van der Waals surface area contributed by atoms with Crippen LogP contribution in [-0.2, 0) is 4.79 Å². The Morgan fingerprint density at radius 2 is 1.92 bits per heavy atom. The van der Waals surface area contributed by atoms with Gasteiger partial charge in [0.05, 0.1) is 4.92 Å². The number of nitro groups is 1. The lowest BCUT2D eigenvalue weighted by Crippen LogP contribution is -2.43. The van der Waals surface area contributed by atoms with Crippen molar-refractivity contribution in [3.05, 3.63) is 69.8 Å². The molecule has 2 aromatic rings. The molecule has 1 aliphatic heterocycles. The second kappa shape index (κ2) is 7.35. The first-order valence-corrected chi connectivity index (χ1v) is 8.39. The number of aryl methyl sites for hydroxylation is 1. The van der Waals surface area contributed by atoms with Crippen LogP contribution in [0.15, 0.2) is 48.5 Å². The molecule has 0 radical (unpaired) electrons. The largest absolute Gasteiger partial charge is 0.327 e. The molecule has 1 heterocycles. The van der Waals surface area contributed by atoms with E-state index in [-0.39, 0.29) is 17.5 Å². The zero-order valence-electron chi connectivity index (χ0n) is 14.3. The van der Waals surface area contributed by atoms with E-state index < -0.39 is 11.0 Å². The van der Waals surface area contributed by atoms with Crippen molar-refractivity contribution in [1.29, 1.82) is 0 Å². The van der Waals surface area contributed by atoms with Crippen LogP contribution in [0.4, 0.5) is 11.4 Å². The van der Waals surface area contributed by atoms with Crippen LogP contribution in [-0.4, -0.2) is 34.2 Å². The third-order valence-electron chi connectivity index (χ3n) is 4.50. The molecule has 0 bridgehead atoms. The monoisotopic (exact) mass is 353 g/mol. The summed E-state index contributed by atoms with van der Waals surface area (Å²) in [5.41, 5.74) is 1.43. The molecule has 0 aromatic heterocycles. The Balaban J connectivity index is 1.77. The highest BCUT2D eigenvalue weighted by atomic mass is 16.6. The smallest absolute Gasteiger partial charge is 0.272 e. The number of para-hydroxylation sites is 1. The average molecular weight is 353 g/mol. The summed E-state index contributed by atoms with van der Waals surface area (Å²) in [5.74, 6) is -0.505. The lowest BCUT2D eigenvalue weighted by Gasteiger charge is -2.24. The number of anilines is 1. The molecule has 1 N–H and O–H groups in total. The van der Waals surface area contributed by atoms with Crippen LogP contribution in [0.2, 0.25) is 0 Å². The second-order valence-electron chi connectivity index (χ2n) is 6.27. The SMILES string of the molecule is Cc1cc(C(=O)N2CCCC2C(=O)Nc2ccccc2)ccc1[N+](=O)[O-]. The Hall–Kier alpha value is -3.22. The van der Waals surface area contributed by atoms with Crippen LogP contribution in [0, 0.1) is 17.0 Å². The predicted molar refractivity (Wildman–Crippen MR) is 97.0 cm³/mol. The fourth-order valence-electron chi connectivity index (χ4n) is 3.19. The first-order chi connectivity index (χ1) is 12.5. The van der Waals surface area contributed by atoms with Crippen LogP contribution in [0.3, 0.4) is 0 Å². The van der Waals surface area contributed by atoms with Gasteiger partial charge in [-0.15, -0.1) is 0 Å². The zero-order valence-corrected chi connectivity index (χ0v) is 14.3. The number of likely N-dealkylation sites (tertiary alicyclic amines) is 1. The zero-order chi connectivity index (χ0) is 18.7. The molecule has 0 spiro atoms. The highest BCUT2D eigenvalue weighted by molar-refractivity contribution is 6.01. The summed E-state index contributed by atoms with van der Waals surface area (Å²) in [6.45, 7) is 2.08. The van der Waals surface area contributed by atoms with Crippen molar-refractivity contribution >= 4 is 23.2 Å². The maximum absolute atomic E-state index is 12.8. The molecule has 1 unspecified atom stereocenters. The van der Waals surface area contributed by atoms with Gasteiger partial charge in [0.15, 0.2) is 0 Å². The molecule has 134 valence electrons. The molecule has 26 heavy (non-hydrogen) atoms. The molecule has 1 atom stereocenters. The average Bonchev–Trinajstić information content (AvgIpc) is 3.11. The maximum atomic E-state index is 12.8. The number of carbonyl (C=O) groups is 2. The van der Waals surface area contributed by atoms with E-state index in [9.17, 15) is 19.7 Å². The Kier molecular flexibility index (Phi) is 4.97. The third-order valence-corrected chi connectivity index (χ3v) is 4.50. The fourth-order valence-corrected chi connectivity index (χ4v) is 3.19. The molecular formula is C19H19N3O4. The summed E-state index contributed by atoms with van der Waals surface area (Å²) in [6, 6.07) is 12.8. The van der Waals surface area contributed by atoms with Crippen LogP contribution < -0.4 is 5.32 Å². The molecule has 1 fully saturated rings. The van der Waals surface area contributed by atoms with Gasteiger partial charge in [-0.2, -0.15) is 0 Å². The van der Waals surface area contributed by atoms with Crippen molar-refractivity contribution in [2.75, 3.05) is 11.9 Å². The number of nitro benzene ring substituents is 1. The maximum Gasteiger partial charge on any atom is 0.272 e. The molecule has 3 rings (SSSR count). The number of hydrogen-bond acceptors (Lipinski definition) is 4. The van der Waals surface area contributed by atoms with E-state index in [0.717, 1.165) is 6.42 Å². The summed E-state index contributed by atoms with van der Waals surface area (Å²) >= 11 is 0. The number of hydrogen-bond donors (Lipinski definition) is 1. The first kappa shape index (κ1) is 17.6. The predicted octanol–water partition coefficient (Wildman–Crippen LogP) is 3.15. The van der Waals surface area contributed by atoms with Gasteiger partial charge in [-0.05, 0) is 44.0 Å². The number of benzene rings is 2. The number of nitrogens with one attached hydrogen (secondary N) is 1. The Bertz CT molecular complexity index is 851. The fraction of sp³-hybridized carbons (Fsp3) is 0.263. The quantitative estimate of drug-likeness (QED) is 0.675. The minimum atomic E-state index is -0.543. The van der Waals surface area contributed by atoms with Crippen molar-refractivity contribution in [2.24, 2.45) is 0 Å². The summed E-state index contributed by atoms with van der Waals surface area (Å²) in [6.07, 6.45) is 1.33. The lowest BCUT2D eigenvalue weighted by atomic mass is 10.1. The molecule has 2 aromatic carbocycles. The van der Waals surface area contributed by atoms with Gasteiger partial charge in [0.25, 0.3) is 11.6 Å². The highest BCUT2D eigenvalue weighted by Gasteiger charge is 2.34. The molecular weight excluding hydrogens is 334 g/mol. The summed E-state index contributed by atoms with van der Waals surface area (Å²) < 4.78 is 0. The molecule has 0 aliphatic carbocycles. The molecule has 7 nitrogen and oxygen atoms in total. The molecule has 1 saturated heterocycles. The number of nitrogens with zero attached hydrogens (tertiary/aromatic N) is 2. The van der Waals surface area contributed by atoms with Crippen molar-refractivity contribution in [2.45, 2.75) is 25.8 Å². The standard InChI is InChI=1S/C19H19N3O4/c1-13-12-14(9-10-16(13)22(25)26)19(24)21-11-5-8-17(21)18(23)20-15-6-3-2-4-7-15/h2-4,6-7,9-10,12,17H,5,8,11H2,1H3,(H,20,23). The van der Waals surface area contributed by atoms with Crippen molar-refractivity contribution in [3.8, 4) is 0 Å². The van der Waals surface area contributed by atoms with Crippen molar-refractivity contribution in [1.82, 2.24) is 4.90 Å². The topological polar surface area (TPSA) is 92.6 Å². The van der Waals surface area contributed by atoms with Crippen LogP contribution in [0.1, 0.15) is 28.8 Å². The lowest BCUT2D eigenvalue weighted by molar-refractivity contribution is -0.385. The van der Waals surface area contributed by atoms with Crippen LogP contribution in [0.25, 0.3) is 0 Å². The molecule has 2 amide bonds. The molecule has 7 heteroatoms. The third kappa shape index (κ3) is 3.56. The van der Waals surface area contributed by atoms with Gasteiger partial charge < -0.3 is 10.2 Å². The second-order valence-corrected chi connectivity index (χ2v) is 6.27. The number of rotatable bonds is 4. The summed E-state index contributed by atoms with van der Waals surface area (Å²) in [4.78, 5) is 37.4. The van der Waals surface area contributed by atoms with E-state index in [2.05, 4.69) is 5.32 Å². The van der Waals surface area contributed by atoms with Gasteiger partial charge in [0.1, 0.15) is 6.04 Å². The normalized spacial score (nSPS) is 16.3. The van der Waals surface area contributed by atoms with E-state index in [0.29, 0.717) is 29.8 Å².